The molecular formula is C23H38N4O6S. The van der Waals surface area contributed by atoms with Crippen molar-refractivity contribution in [1.82, 2.24) is 19.9 Å². The molecule has 0 saturated carbocycles. The van der Waals surface area contributed by atoms with Gasteiger partial charge in [0.2, 0.25) is 5.91 Å². The largest absolute Gasteiger partial charge is 0.444 e. The Bertz CT molecular complexity index is 933. The summed E-state index contributed by atoms with van der Waals surface area (Å²) in [5, 5.41) is 16.2. The van der Waals surface area contributed by atoms with Crippen LogP contribution in [0.2, 0.25) is 0 Å². The highest BCUT2D eigenvalue weighted by Crippen LogP contribution is 2.24. The maximum atomic E-state index is 13.1. The fraction of sp³-hybridized carbons (Fsp3) is 0.696. The van der Waals surface area contributed by atoms with Gasteiger partial charge in [-0.1, -0.05) is 19.9 Å². The van der Waals surface area contributed by atoms with Gasteiger partial charge in [0.1, 0.15) is 11.6 Å². The van der Waals surface area contributed by atoms with Crippen LogP contribution in [0, 0.1) is 5.92 Å². The number of pyridine rings is 1. The summed E-state index contributed by atoms with van der Waals surface area (Å²) < 4.78 is 32.7. The predicted octanol–water partition coefficient (Wildman–Crippen LogP) is 2.04. The van der Waals surface area contributed by atoms with E-state index in [4.69, 9.17) is 4.74 Å². The van der Waals surface area contributed by atoms with Crippen LogP contribution in [-0.4, -0.2) is 71.2 Å². The number of carbonyl (C=O) groups excluding carboxylic acids is 2. The number of nitrogens with zero attached hydrogens (tertiary/aromatic N) is 2. The van der Waals surface area contributed by atoms with Gasteiger partial charge in [-0.25, -0.2) is 18.2 Å². The van der Waals surface area contributed by atoms with E-state index in [2.05, 4.69) is 15.6 Å². The third-order valence-electron chi connectivity index (χ3n) is 5.47. The number of hydrogen-bond acceptors (Lipinski definition) is 7. The van der Waals surface area contributed by atoms with Crippen molar-refractivity contribution in [3.05, 3.63) is 24.4 Å². The lowest BCUT2D eigenvalue weighted by atomic mass is 10.0. The smallest absolute Gasteiger partial charge is 0.408 e. The molecule has 0 bridgehead atoms. The molecule has 4 atom stereocenters. The van der Waals surface area contributed by atoms with Gasteiger partial charge in [-0.15, -0.1) is 0 Å². The van der Waals surface area contributed by atoms with Gasteiger partial charge in [-0.3, -0.25) is 4.79 Å². The molecule has 1 fully saturated rings. The van der Waals surface area contributed by atoms with E-state index in [1.54, 1.807) is 39.8 Å². The Morgan fingerprint density at radius 1 is 1.26 bits per heavy atom. The summed E-state index contributed by atoms with van der Waals surface area (Å²) in [6, 6.07) is 2.72. The lowest BCUT2D eigenvalue weighted by Crippen LogP contribution is -2.54. The molecule has 1 aliphatic heterocycles. The quantitative estimate of drug-likeness (QED) is 0.523. The second-order valence-electron chi connectivity index (χ2n) is 10.2. The molecule has 2 amide bonds. The van der Waals surface area contributed by atoms with Gasteiger partial charge < -0.3 is 20.5 Å². The Balaban J connectivity index is 2.13. The van der Waals surface area contributed by atoms with Gasteiger partial charge in [-0.2, -0.15) is 4.31 Å². The van der Waals surface area contributed by atoms with Crippen LogP contribution in [0.4, 0.5) is 4.79 Å². The van der Waals surface area contributed by atoms with Crippen molar-refractivity contribution >= 4 is 22.0 Å². The Morgan fingerprint density at radius 3 is 2.50 bits per heavy atom. The first kappa shape index (κ1) is 28.0. The molecule has 2 rings (SSSR count). The van der Waals surface area contributed by atoms with Crippen molar-refractivity contribution in [1.29, 1.82) is 0 Å². The van der Waals surface area contributed by atoms with E-state index in [0.717, 1.165) is 0 Å². The number of hydrogen-bond donors (Lipinski definition) is 3. The molecule has 0 aromatic carbocycles. The number of sulfonamides is 1. The molecule has 0 radical (unpaired) electrons. The van der Waals surface area contributed by atoms with Crippen molar-refractivity contribution in [3.8, 4) is 0 Å². The van der Waals surface area contributed by atoms with Crippen molar-refractivity contribution in [2.45, 2.75) is 95.7 Å². The predicted molar refractivity (Wildman–Crippen MR) is 127 cm³/mol. The second-order valence-corrected chi connectivity index (χ2v) is 12.0. The number of alkyl carbamates (subject to hydrolysis) is 1. The van der Waals surface area contributed by atoms with Crippen molar-refractivity contribution in [2.24, 2.45) is 5.92 Å². The Kier molecular flexibility index (Phi) is 9.44. The van der Waals surface area contributed by atoms with E-state index in [1.807, 2.05) is 13.8 Å². The van der Waals surface area contributed by atoms with E-state index in [0.29, 0.717) is 19.3 Å². The highest BCUT2D eigenvalue weighted by molar-refractivity contribution is 7.89. The zero-order valence-electron chi connectivity index (χ0n) is 20.8. The van der Waals surface area contributed by atoms with Crippen molar-refractivity contribution in [3.63, 3.8) is 0 Å². The van der Waals surface area contributed by atoms with Gasteiger partial charge in [-0.05, 0) is 65.0 Å². The summed E-state index contributed by atoms with van der Waals surface area (Å²) in [7, 11) is -3.91. The number of rotatable bonds is 7. The first-order valence-corrected chi connectivity index (χ1v) is 13.1. The molecule has 0 aliphatic carbocycles. The molecule has 1 saturated heterocycles. The van der Waals surface area contributed by atoms with Crippen LogP contribution in [0.1, 0.15) is 60.8 Å². The van der Waals surface area contributed by atoms with Crippen molar-refractivity contribution in [2.75, 3.05) is 6.54 Å². The zero-order chi connectivity index (χ0) is 25.7. The lowest BCUT2D eigenvalue weighted by molar-refractivity contribution is -0.125. The van der Waals surface area contributed by atoms with E-state index in [1.165, 1.54) is 16.6 Å². The summed E-state index contributed by atoms with van der Waals surface area (Å²) in [6.07, 6.45) is 0.766. The molecule has 1 aliphatic rings. The van der Waals surface area contributed by atoms with Gasteiger partial charge in [0, 0.05) is 18.8 Å². The van der Waals surface area contributed by atoms with Gasteiger partial charge >= 0.3 is 6.09 Å². The highest BCUT2D eigenvalue weighted by atomic mass is 32.2. The molecule has 0 spiro atoms. The minimum atomic E-state index is -3.91. The molecule has 2 heterocycles. The van der Waals surface area contributed by atoms with Crippen LogP contribution in [0.3, 0.4) is 0 Å². The maximum Gasteiger partial charge on any atom is 0.408 e. The summed E-state index contributed by atoms with van der Waals surface area (Å²) in [5.41, 5.74) is -0.709. The first-order chi connectivity index (χ1) is 15.7. The lowest BCUT2D eigenvalue weighted by Gasteiger charge is -2.29. The molecule has 192 valence electrons. The molecule has 0 unspecified atom stereocenters. The van der Waals surface area contributed by atoms with Crippen molar-refractivity contribution < 1.29 is 27.9 Å². The fourth-order valence-corrected chi connectivity index (χ4v) is 5.42. The number of β-amino-alcohol motifs (C(OH)–C–C–N with tert-alkyl or cyclic N) is 1. The average Bonchev–Trinajstić information content (AvgIpc) is 2.86. The van der Waals surface area contributed by atoms with Crippen LogP contribution in [-0.2, 0) is 19.6 Å². The van der Waals surface area contributed by atoms with E-state index >= 15 is 0 Å². The number of nitrogens with one attached hydrogen (secondary N) is 2. The Hall–Kier alpha value is -2.24. The summed E-state index contributed by atoms with van der Waals surface area (Å²) in [6.45, 7) is 10.6. The number of aromatic nitrogens is 1. The molecule has 1 aromatic heterocycles. The van der Waals surface area contributed by atoms with Gasteiger partial charge in [0.15, 0.2) is 5.03 Å². The zero-order valence-corrected chi connectivity index (χ0v) is 21.6. The summed E-state index contributed by atoms with van der Waals surface area (Å²) in [5.74, 6) is -0.332. The van der Waals surface area contributed by atoms with E-state index in [9.17, 15) is 23.1 Å². The minimum absolute atomic E-state index is 0.0879. The van der Waals surface area contributed by atoms with Crippen LogP contribution < -0.4 is 10.6 Å². The van der Waals surface area contributed by atoms with Crippen LogP contribution in [0.15, 0.2) is 29.4 Å². The molecule has 3 N–H and O–H groups in total. The van der Waals surface area contributed by atoms with E-state index in [-0.39, 0.29) is 17.5 Å². The number of aliphatic hydroxyl groups is 1. The topological polar surface area (TPSA) is 138 Å². The molecule has 34 heavy (non-hydrogen) atoms. The normalized spacial score (nSPS) is 23.1. The van der Waals surface area contributed by atoms with Gasteiger partial charge in [0.05, 0.1) is 12.1 Å². The van der Waals surface area contributed by atoms with Crippen LogP contribution in [0.5, 0.6) is 0 Å². The first-order valence-electron chi connectivity index (χ1n) is 11.6. The maximum absolute atomic E-state index is 13.1. The number of amides is 2. The highest BCUT2D eigenvalue weighted by Gasteiger charge is 2.38. The third kappa shape index (κ3) is 7.92. The number of aliphatic hydroxyl groups excluding tert-OH is 1. The summed E-state index contributed by atoms with van der Waals surface area (Å²) in [4.78, 5) is 29.3. The Labute approximate surface area is 202 Å². The molecule has 11 heteroatoms. The standard InChI is InChI=1S/C23H38N4O6S/c1-15(2)13-18(26-22(30)33-23(4,5)6)21(29)25-17-11-10-16(3)27(14-19(17)28)34(31,32)20-9-7-8-12-24-20/h7-9,12,15-19,28H,10-11,13-14H2,1-6H3,(H,25,29)(H,26,30)/t16-,17+,18+,19+/m1/s1. The fourth-order valence-electron chi connectivity index (χ4n) is 3.81. The Morgan fingerprint density at radius 2 is 1.94 bits per heavy atom. The molecular weight excluding hydrogens is 460 g/mol. The van der Waals surface area contributed by atoms with Crippen LogP contribution >= 0.6 is 0 Å². The SMILES string of the molecule is CC(C)C[C@H](NC(=O)OC(C)(C)C)C(=O)N[C@H]1CC[C@@H](C)N(S(=O)(=O)c2ccccn2)C[C@@H]1O. The molecule has 10 nitrogen and oxygen atoms in total. The average molecular weight is 499 g/mol. The third-order valence-corrected chi connectivity index (χ3v) is 7.37. The number of ether oxygens (including phenoxy) is 1. The van der Waals surface area contributed by atoms with Gasteiger partial charge in [0.25, 0.3) is 10.0 Å². The van der Waals surface area contributed by atoms with Crippen LogP contribution in [0.25, 0.3) is 0 Å². The monoisotopic (exact) mass is 498 g/mol. The molecule has 1 aromatic rings. The minimum Gasteiger partial charge on any atom is -0.444 e. The van der Waals surface area contributed by atoms with E-state index < -0.39 is 51.9 Å². The summed E-state index contributed by atoms with van der Waals surface area (Å²) >= 11 is 0. The second kappa shape index (κ2) is 11.5. The number of carbonyl (C=O) groups is 2.